The first-order valence-corrected chi connectivity index (χ1v) is 55.1. The van der Waals surface area contributed by atoms with Crippen LogP contribution in [0.2, 0.25) is 0 Å². The van der Waals surface area contributed by atoms with Crippen LogP contribution >= 0.6 is 62.5 Å². The summed E-state index contributed by atoms with van der Waals surface area (Å²) >= 11 is -3.42. The van der Waals surface area contributed by atoms with Crippen LogP contribution in [0.25, 0.3) is 11.6 Å². The van der Waals surface area contributed by atoms with Gasteiger partial charge >= 0.3 is 152 Å². The molecule has 9 aliphatic carbocycles. The van der Waals surface area contributed by atoms with E-state index in [0.717, 1.165) is 16.7 Å². The first-order chi connectivity index (χ1) is 47.5. The van der Waals surface area contributed by atoms with E-state index in [9.17, 15) is 5.11 Å². The van der Waals surface area contributed by atoms with Gasteiger partial charge in [-0.15, -0.1) is 0 Å². The van der Waals surface area contributed by atoms with Gasteiger partial charge in [0.15, 0.2) is 0 Å². The molecular weight excluding hydrogens is 1930 g/mol. The molecule has 0 unspecified atom stereocenters. The van der Waals surface area contributed by atoms with Crippen molar-refractivity contribution >= 4 is 84.0 Å². The molecule has 0 amide bonds. The number of halogens is 4. The molecule has 4 aromatic carbocycles. The topological polar surface area (TPSA) is 97.1 Å². The van der Waals surface area contributed by atoms with Gasteiger partial charge in [-0.1, -0.05) is 101 Å². The fourth-order valence-electron chi connectivity index (χ4n) is 18.5. The molecule has 13 rings (SSSR count). The number of benzene rings is 4. The fourth-order valence-corrected chi connectivity index (χ4v) is 37.8. The van der Waals surface area contributed by atoms with Crippen molar-refractivity contribution in [2.75, 3.05) is 0 Å². The van der Waals surface area contributed by atoms with Crippen molar-refractivity contribution in [2.24, 2.45) is 0 Å². The van der Waals surface area contributed by atoms with Crippen molar-refractivity contribution in [1.29, 1.82) is 0 Å². The van der Waals surface area contributed by atoms with Gasteiger partial charge in [0.1, 0.15) is 11.5 Å². The van der Waals surface area contributed by atoms with Gasteiger partial charge in [0, 0.05) is 153 Å². The van der Waals surface area contributed by atoms with Crippen LogP contribution in [0.4, 0.5) is 0 Å². The second-order valence-corrected chi connectivity index (χ2v) is 51.5. The fraction of sp³-hybridized carbons (Fsp3) is 0.651. The molecular formula is C83H128Cl4N2O3P3Pr3Ru2+3. The Bertz CT molecular complexity index is 2600. The molecule has 553 valence electrons. The van der Waals surface area contributed by atoms with Gasteiger partial charge in [0.25, 0.3) is 6.21 Å². The van der Waals surface area contributed by atoms with Crippen LogP contribution in [-0.2, 0) is 27.0 Å². The number of phenolic OH excluding ortho intramolecular Hbond substituents is 3. The summed E-state index contributed by atoms with van der Waals surface area (Å²) in [6.45, 7) is 3.53. The van der Waals surface area contributed by atoms with Gasteiger partial charge in [-0.3, -0.25) is 0 Å². The smallest absolute Gasteiger partial charge is 0.291 e. The largest absolute Gasteiger partial charge is 0.507 e. The Morgan fingerprint density at radius 3 is 0.720 bits per heavy atom. The Morgan fingerprint density at radius 2 is 0.520 bits per heavy atom. The molecule has 3 N–H and O–H groups in total. The van der Waals surface area contributed by atoms with E-state index in [1.165, 1.54) is 63.2 Å². The molecule has 0 heterocycles. The SMILES string of the molecule is C1CCC([PH+](C2CCCCC2)C2CCCCC2)CC1.C1CCC([PH+](C2CCCCC2)C2CCCCC2)CC1.C1CCC([PH+](C2CCCCC2)C2CCCCC2)CC1.C=Cc1ccccc1O.Oc1ccccc1[CH]=[Ru]([Cl])[Cl].[Cl][Ru]([Cl])=[CH]c1ccccc1.[N-]=[N+]=Cc1ccccc1O.[Pr].[Pr].[Pr]. The van der Waals surface area contributed by atoms with Gasteiger partial charge < -0.3 is 15.7 Å². The summed E-state index contributed by atoms with van der Waals surface area (Å²) in [6.07, 6.45) is 74.2. The molecule has 3 radical (unpaired) electrons. The Hall–Kier alpha value is 2.93. The predicted octanol–water partition coefficient (Wildman–Crippen LogP) is 26.9. The van der Waals surface area contributed by atoms with E-state index in [0.29, 0.717) is 5.56 Å². The maximum atomic E-state index is 9.23. The van der Waals surface area contributed by atoms with Crippen LogP contribution in [0.3, 0.4) is 0 Å². The number of nitrogens with zero attached hydrogens (tertiary/aromatic N) is 2. The number of para-hydroxylation sites is 3. The standard InChI is InChI=1S/3C18H33P.C8H8O.C7H6N2O.C7H6O.C7H6.4ClH.3Pr.2Ru/c3*1-4-10-16(11-5-1)19(17-12-6-2-7-13-17)18-14-8-3-9-15-18;1-2-7-5-3-4-6-8(7)9;8-9-5-6-3-1-2-4-7(6)10;1-6-4-2-3-5-7(6)8;1-7-5-3-2-4-6-7;;;;;;;;;/h3*16-18H,1-15H2;2-6,9H,1H2;1-5,10H;1-5,8H;1-6H;4*1H;;;;;/q;;;;;;;;;;;;;;2*+2/p-1. The van der Waals surface area contributed by atoms with Crippen molar-refractivity contribution in [3.8, 4) is 17.2 Å². The van der Waals surface area contributed by atoms with Crippen molar-refractivity contribution < 1.29 is 171 Å². The second kappa shape index (κ2) is 58.8. The van der Waals surface area contributed by atoms with E-state index < -0.39 is 27.0 Å². The molecule has 0 spiro atoms. The quantitative estimate of drug-likeness (QED) is 0.0409. The van der Waals surface area contributed by atoms with Crippen molar-refractivity contribution in [1.82, 2.24) is 0 Å². The minimum Gasteiger partial charge on any atom is -0.507 e. The minimum atomic E-state index is -1.80. The Labute approximate surface area is 738 Å². The maximum absolute atomic E-state index is 9.23. The van der Waals surface area contributed by atoms with Crippen LogP contribution in [0.15, 0.2) is 110 Å². The summed E-state index contributed by atoms with van der Waals surface area (Å²) in [7, 11) is 22.4. The minimum absolute atomic E-state index is 0. The van der Waals surface area contributed by atoms with Gasteiger partial charge in [-0.05, 0) is 249 Å². The molecule has 9 fully saturated rings. The predicted molar refractivity (Wildman–Crippen MR) is 430 cm³/mol. The molecule has 0 bridgehead atoms. The summed E-state index contributed by atoms with van der Waals surface area (Å²) in [5.74, 6) is 0.625. The summed E-state index contributed by atoms with van der Waals surface area (Å²) in [4.78, 5) is 2.78. The Balaban J connectivity index is 0.000000252. The maximum Gasteiger partial charge on any atom is 0.291 e. The van der Waals surface area contributed by atoms with Gasteiger partial charge in [-0.25, -0.2) is 0 Å². The van der Waals surface area contributed by atoms with E-state index in [2.05, 4.69) is 11.4 Å². The summed E-state index contributed by atoms with van der Waals surface area (Å²) in [5.41, 5.74) is 22.3. The van der Waals surface area contributed by atoms with Crippen molar-refractivity contribution in [3.05, 3.63) is 137 Å². The first-order valence-electron chi connectivity index (χ1n) is 39.0. The monoisotopic (exact) mass is 2060 g/mol. The van der Waals surface area contributed by atoms with E-state index >= 15 is 0 Å². The summed E-state index contributed by atoms with van der Waals surface area (Å²) in [5, 5.41) is 27.3. The first kappa shape index (κ1) is 95.3. The summed E-state index contributed by atoms with van der Waals surface area (Å²) in [6, 6.07) is 30.6. The van der Waals surface area contributed by atoms with Gasteiger partial charge in [0.2, 0.25) is 0 Å². The van der Waals surface area contributed by atoms with E-state index in [4.69, 9.17) is 54.5 Å². The van der Waals surface area contributed by atoms with Crippen LogP contribution < -0.4 is 0 Å². The third-order valence-corrected chi connectivity index (χ3v) is 40.5. The Kier molecular flexibility index (Phi) is 56.0. The zero-order valence-electron chi connectivity index (χ0n) is 61.0. The Morgan fingerprint density at radius 1 is 0.310 bits per heavy atom. The van der Waals surface area contributed by atoms with Crippen LogP contribution in [0, 0.1) is 124 Å². The molecule has 100 heavy (non-hydrogen) atoms. The molecule has 4 aromatic rings. The number of aromatic hydroxyl groups is 3. The van der Waals surface area contributed by atoms with E-state index in [1.807, 2.05) is 53.1 Å². The van der Waals surface area contributed by atoms with Crippen LogP contribution in [0.5, 0.6) is 17.2 Å². The number of rotatable bonds is 13. The number of hydrogen-bond acceptors (Lipinski definition) is 3. The molecule has 0 atom stereocenters. The van der Waals surface area contributed by atoms with Gasteiger partial charge in [-0.2, -0.15) is 4.79 Å². The zero-order valence-corrected chi connectivity index (χ0v) is 81.6. The molecule has 5 nitrogen and oxygen atoms in total. The third kappa shape index (κ3) is 37.1. The number of phenols is 3. The molecule has 9 aliphatic rings. The normalized spacial score (nSPS) is 20.4. The third-order valence-electron chi connectivity index (χ3n) is 23.1. The molecule has 17 heteroatoms. The van der Waals surface area contributed by atoms with E-state index in [-0.39, 0.29) is 165 Å². The zero-order chi connectivity index (χ0) is 68.5. The molecule has 0 saturated heterocycles. The number of hydrogen-bond donors (Lipinski definition) is 3. The average molecular weight is 2060 g/mol. The molecule has 9 saturated carbocycles. The van der Waals surface area contributed by atoms with Crippen LogP contribution in [-0.4, -0.2) is 86.5 Å². The van der Waals surface area contributed by atoms with Crippen LogP contribution in [0.1, 0.15) is 311 Å². The molecule has 0 aromatic heterocycles. The van der Waals surface area contributed by atoms with Crippen molar-refractivity contribution in [3.63, 3.8) is 0 Å². The van der Waals surface area contributed by atoms with E-state index in [1.54, 1.807) is 348 Å². The average Bonchev–Trinajstić information content (AvgIpc) is 0.836. The second-order valence-electron chi connectivity index (χ2n) is 29.7. The van der Waals surface area contributed by atoms with Gasteiger partial charge in [0.05, 0.1) is 56.5 Å². The molecule has 0 aliphatic heterocycles. The van der Waals surface area contributed by atoms with Crippen molar-refractivity contribution in [2.45, 2.75) is 340 Å². The summed E-state index contributed by atoms with van der Waals surface area (Å²) < 4.78 is 3.64.